The molecule has 5 heteroatoms. The van der Waals surface area contributed by atoms with Crippen LogP contribution >= 0.6 is 11.6 Å². The molecule has 0 aliphatic heterocycles. The summed E-state index contributed by atoms with van der Waals surface area (Å²) in [4.78, 5) is 4.39. The van der Waals surface area contributed by atoms with Crippen molar-refractivity contribution in [3.05, 3.63) is 71.0 Å². The van der Waals surface area contributed by atoms with Gasteiger partial charge in [-0.25, -0.2) is 4.68 Å². The summed E-state index contributed by atoms with van der Waals surface area (Å²) in [6.07, 6.45) is 1.71. The zero-order chi connectivity index (χ0) is 14.7. The minimum Gasteiger partial charge on any atom is -0.254 e. The predicted molar refractivity (Wildman–Crippen MR) is 84.8 cm³/mol. The van der Waals surface area contributed by atoms with Crippen molar-refractivity contribution in [2.75, 3.05) is 0 Å². The molecule has 2 aromatic carbocycles. The molecule has 3 aromatic rings. The minimum absolute atomic E-state index is 0.695. The van der Waals surface area contributed by atoms with Crippen LogP contribution in [0.25, 0.3) is 5.69 Å². The Labute approximate surface area is 127 Å². The van der Waals surface area contributed by atoms with Gasteiger partial charge in [0.15, 0.2) is 0 Å². The van der Waals surface area contributed by atoms with Gasteiger partial charge in [-0.1, -0.05) is 35.0 Å². The molecule has 0 aliphatic rings. The highest BCUT2D eigenvalue weighted by Gasteiger charge is 2.07. The van der Waals surface area contributed by atoms with E-state index in [-0.39, 0.29) is 0 Å². The number of hydrogen-bond donors (Lipinski definition) is 0. The van der Waals surface area contributed by atoms with Crippen LogP contribution in [0.2, 0.25) is 5.02 Å². The normalized spacial score (nSPS) is 11.1. The Morgan fingerprint density at radius 3 is 2.48 bits per heavy atom. The van der Waals surface area contributed by atoms with Gasteiger partial charge in [0.05, 0.1) is 23.3 Å². The van der Waals surface area contributed by atoms with Gasteiger partial charge in [-0.3, -0.25) is 4.99 Å². The van der Waals surface area contributed by atoms with E-state index in [0.717, 1.165) is 22.8 Å². The Kier molecular flexibility index (Phi) is 3.79. The molecule has 0 amide bonds. The Hall–Kier alpha value is -2.46. The second kappa shape index (κ2) is 5.89. The van der Waals surface area contributed by atoms with Crippen molar-refractivity contribution in [2.45, 2.75) is 6.92 Å². The summed E-state index contributed by atoms with van der Waals surface area (Å²) < 4.78 is 1.79. The van der Waals surface area contributed by atoms with E-state index in [1.54, 1.807) is 10.9 Å². The molecule has 0 radical (unpaired) electrons. The first-order chi connectivity index (χ1) is 10.2. The molecule has 0 saturated heterocycles. The third kappa shape index (κ3) is 3.01. The topological polar surface area (TPSA) is 43.1 Å². The van der Waals surface area contributed by atoms with Crippen LogP contribution in [0.15, 0.2) is 59.6 Å². The average molecular weight is 297 g/mol. The summed E-state index contributed by atoms with van der Waals surface area (Å²) in [5, 5.41) is 9.02. The predicted octanol–water partition coefficient (Wildman–Crippen LogP) is 3.98. The molecule has 0 unspecified atom stereocenters. The van der Waals surface area contributed by atoms with E-state index in [0.29, 0.717) is 5.02 Å². The van der Waals surface area contributed by atoms with E-state index in [4.69, 9.17) is 11.6 Å². The molecule has 21 heavy (non-hydrogen) atoms. The van der Waals surface area contributed by atoms with Crippen molar-refractivity contribution >= 4 is 23.5 Å². The Balaban J connectivity index is 1.87. The summed E-state index contributed by atoms with van der Waals surface area (Å²) in [7, 11) is 0. The Morgan fingerprint density at radius 2 is 1.76 bits per heavy atom. The molecule has 104 valence electrons. The van der Waals surface area contributed by atoms with Gasteiger partial charge in [0.2, 0.25) is 0 Å². The number of para-hydroxylation sites is 1. The molecule has 1 aromatic heterocycles. The summed E-state index contributed by atoms with van der Waals surface area (Å²) in [5.74, 6) is 0. The van der Waals surface area contributed by atoms with Crippen LogP contribution in [0.1, 0.15) is 11.4 Å². The lowest BCUT2D eigenvalue weighted by molar-refractivity contribution is 0.785. The van der Waals surface area contributed by atoms with E-state index in [2.05, 4.69) is 15.3 Å². The fraction of sp³-hybridized carbons (Fsp3) is 0.0625. The molecule has 0 spiro atoms. The second-order valence-electron chi connectivity index (χ2n) is 4.54. The highest BCUT2D eigenvalue weighted by Crippen LogP contribution is 2.16. The zero-order valence-corrected chi connectivity index (χ0v) is 12.2. The summed E-state index contributed by atoms with van der Waals surface area (Å²) in [6, 6.07) is 17.2. The van der Waals surface area contributed by atoms with Gasteiger partial charge in [-0.05, 0) is 43.3 Å². The van der Waals surface area contributed by atoms with Crippen molar-refractivity contribution in [2.24, 2.45) is 4.99 Å². The maximum atomic E-state index is 5.85. The molecule has 0 atom stereocenters. The highest BCUT2D eigenvalue weighted by atomic mass is 35.5. The quantitative estimate of drug-likeness (QED) is 0.686. The summed E-state index contributed by atoms with van der Waals surface area (Å²) in [5.41, 5.74) is 3.49. The lowest BCUT2D eigenvalue weighted by Gasteiger charge is -2.01. The van der Waals surface area contributed by atoms with Gasteiger partial charge in [0.25, 0.3) is 0 Å². The third-order valence-electron chi connectivity index (χ3n) is 3.09. The van der Waals surface area contributed by atoms with Crippen molar-refractivity contribution in [3.8, 4) is 5.69 Å². The van der Waals surface area contributed by atoms with Gasteiger partial charge in [0.1, 0.15) is 5.69 Å². The number of aromatic nitrogens is 3. The number of halogens is 1. The van der Waals surface area contributed by atoms with E-state index in [1.165, 1.54) is 0 Å². The van der Waals surface area contributed by atoms with Crippen molar-refractivity contribution in [1.29, 1.82) is 0 Å². The highest BCUT2D eigenvalue weighted by molar-refractivity contribution is 6.30. The van der Waals surface area contributed by atoms with Crippen LogP contribution < -0.4 is 0 Å². The van der Waals surface area contributed by atoms with Crippen molar-refractivity contribution in [1.82, 2.24) is 15.0 Å². The molecule has 0 bridgehead atoms. The molecular formula is C16H13ClN4. The van der Waals surface area contributed by atoms with E-state index in [9.17, 15) is 0 Å². The summed E-state index contributed by atoms with van der Waals surface area (Å²) in [6.45, 7) is 1.97. The van der Waals surface area contributed by atoms with Crippen molar-refractivity contribution in [3.63, 3.8) is 0 Å². The molecule has 0 fully saturated rings. The first kappa shape index (κ1) is 13.5. The minimum atomic E-state index is 0.695. The molecule has 3 rings (SSSR count). The molecule has 1 heterocycles. The smallest absolute Gasteiger partial charge is 0.127 e. The standard InChI is InChI=1S/C16H13ClN4/c1-12-16(11-18-14-9-7-13(17)8-10-14)19-20-21(12)15-5-3-2-4-6-15/h2-11H,1H3. The third-order valence-corrected chi connectivity index (χ3v) is 3.35. The lowest BCUT2D eigenvalue weighted by Crippen LogP contribution is -1.98. The van der Waals surface area contributed by atoms with Crippen LogP contribution in [0.5, 0.6) is 0 Å². The maximum absolute atomic E-state index is 5.85. The van der Waals surface area contributed by atoms with Crippen LogP contribution in [0.3, 0.4) is 0 Å². The SMILES string of the molecule is Cc1c(C=Nc2ccc(Cl)cc2)nnn1-c1ccccc1. The number of benzene rings is 2. The van der Waals surface area contributed by atoms with E-state index < -0.39 is 0 Å². The van der Waals surface area contributed by atoms with E-state index in [1.807, 2.05) is 61.5 Å². The molecule has 0 saturated carbocycles. The Morgan fingerprint density at radius 1 is 1.05 bits per heavy atom. The Bertz CT molecular complexity index is 761. The van der Waals surface area contributed by atoms with Crippen LogP contribution in [0, 0.1) is 6.92 Å². The summed E-state index contributed by atoms with van der Waals surface area (Å²) >= 11 is 5.85. The largest absolute Gasteiger partial charge is 0.254 e. The zero-order valence-electron chi connectivity index (χ0n) is 11.4. The van der Waals surface area contributed by atoms with Gasteiger partial charge < -0.3 is 0 Å². The number of rotatable bonds is 3. The van der Waals surface area contributed by atoms with Gasteiger partial charge in [0, 0.05) is 5.02 Å². The molecule has 0 N–H and O–H groups in total. The van der Waals surface area contributed by atoms with Crippen LogP contribution in [-0.4, -0.2) is 21.2 Å². The fourth-order valence-electron chi connectivity index (χ4n) is 1.94. The molecular weight excluding hydrogens is 284 g/mol. The van der Waals surface area contributed by atoms with Gasteiger partial charge in [-0.15, -0.1) is 5.10 Å². The average Bonchev–Trinajstić information content (AvgIpc) is 2.89. The fourth-order valence-corrected chi connectivity index (χ4v) is 2.06. The van der Waals surface area contributed by atoms with Gasteiger partial charge >= 0.3 is 0 Å². The van der Waals surface area contributed by atoms with Crippen LogP contribution in [0.4, 0.5) is 5.69 Å². The maximum Gasteiger partial charge on any atom is 0.127 e. The van der Waals surface area contributed by atoms with Gasteiger partial charge in [-0.2, -0.15) is 0 Å². The number of aliphatic imine (C=N–C) groups is 1. The second-order valence-corrected chi connectivity index (χ2v) is 4.98. The number of hydrogen-bond acceptors (Lipinski definition) is 3. The first-order valence-electron chi connectivity index (χ1n) is 6.51. The van der Waals surface area contributed by atoms with Crippen molar-refractivity contribution < 1.29 is 0 Å². The molecule has 4 nitrogen and oxygen atoms in total. The van der Waals surface area contributed by atoms with Crippen LogP contribution in [-0.2, 0) is 0 Å². The number of nitrogens with zero attached hydrogens (tertiary/aromatic N) is 4. The molecule has 0 aliphatic carbocycles. The monoisotopic (exact) mass is 296 g/mol. The lowest BCUT2D eigenvalue weighted by atomic mass is 10.3. The van der Waals surface area contributed by atoms with E-state index >= 15 is 0 Å². The first-order valence-corrected chi connectivity index (χ1v) is 6.89.